The predicted octanol–water partition coefficient (Wildman–Crippen LogP) is 3.37. The molecule has 0 fully saturated rings. The van der Waals surface area contributed by atoms with Crippen molar-refractivity contribution < 1.29 is 14.0 Å². The minimum absolute atomic E-state index is 0.298. The van der Waals surface area contributed by atoms with E-state index in [-0.39, 0.29) is 5.82 Å². The van der Waals surface area contributed by atoms with Crippen LogP contribution >= 0.6 is 0 Å². The Labute approximate surface area is 153 Å². The number of nitrogens with one attached hydrogen (secondary N) is 2. The molecule has 0 saturated carbocycles. The molecular formula is C21H14FN3O2. The maximum atomic E-state index is 13.5. The zero-order chi connectivity index (χ0) is 18.7. The molecule has 0 aliphatic carbocycles. The van der Waals surface area contributed by atoms with Gasteiger partial charge in [-0.3, -0.25) is 14.9 Å². The highest BCUT2D eigenvalue weighted by Gasteiger charge is 2.34. The van der Waals surface area contributed by atoms with E-state index in [1.807, 2.05) is 42.1 Å². The van der Waals surface area contributed by atoms with Gasteiger partial charge in [-0.2, -0.15) is 0 Å². The minimum atomic E-state index is -0.452. The van der Waals surface area contributed by atoms with Gasteiger partial charge >= 0.3 is 0 Å². The molecule has 132 valence electrons. The van der Waals surface area contributed by atoms with Crippen LogP contribution in [0.1, 0.15) is 11.1 Å². The van der Waals surface area contributed by atoms with Crippen molar-refractivity contribution in [3.8, 4) is 0 Å². The number of nitrogens with zero attached hydrogens (tertiary/aromatic N) is 1. The summed E-state index contributed by atoms with van der Waals surface area (Å²) in [6.07, 6.45) is 3.56. The Bertz CT molecular complexity index is 1310. The van der Waals surface area contributed by atoms with Crippen LogP contribution in [0, 0.1) is 5.82 Å². The van der Waals surface area contributed by atoms with Crippen molar-refractivity contribution in [1.29, 1.82) is 0 Å². The second-order valence-corrected chi connectivity index (χ2v) is 6.60. The smallest absolute Gasteiger partial charge is 0.259 e. The van der Waals surface area contributed by atoms with Gasteiger partial charge in [-0.25, -0.2) is 4.39 Å². The van der Waals surface area contributed by atoms with Crippen LogP contribution in [0.15, 0.2) is 54.9 Å². The lowest BCUT2D eigenvalue weighted by Gasteiger charge is -2.08. The molecule has 27 heavy (non-hydrogen) atoms. The summed E-state index contributed by atoms with van der Waals surface area (Å²) >= 11 is 0. The third-order valence-electron chi connectivity index (χ3n) is 5.01. The molecule has 5 rings (SSSR count). The van der Waals surface area contributed by atoms with Gasteiger partial charge in [-0.05, 0) is 24.3 Å². The average molecular weight is 359 g/mol. The number of aromatic amines is 1. The van der Waals surface area contributed by atoms with Crippen LogP contribution in [-0.2, 0) is 16.6 Å². The van der Waals surface area contributed by atoms with Gasteiger partial charge in [0.25, 0.3) is 11.8 Å². The summed E-state index contributed by atoms with van der Waals surface area (Å²) in [5, 5.41) is 4.08. The van der Waals surface area contributed by atoms with Crippen molar-refractivity contribution in [2.24, 2.45) is 7.05 Å². The first-order valence-electron chi connectivity index (χ1n) is 8.46. The molecule has 2 aromatic heterocycles. The highest BCUT2D eigenvalue weighted by Crippen LogP contribution is 2.37. The van der Waals surface area contributed by atoms with E-state index in [1.54, 1.807) is 12.3 Å². The Morgan fingerprint density at radius 3 is 2.56 bits per heavy atom. The van der Waals surface area contributed by atoms with E-state index in [9.17, 15) is 14.0 Å². The summed E-state index contributed by atoms with van der Waals surface area (Å²) in [5.41, 5.74) is 3.34. The first-order chi connectivity index (χ1) is 13.0. The van der Waals surface area contributed by atoms with Crippen LogP contribution in [0.2, 0.25) is 0 Å². The molecular weight excluding hydrogens is 345 g/mol. The van der Waals surface area contributed by atoms with Crippen molar-refractivity contribution >= 4 is 44.8 Å². The Hall–Kier alpha value is -3.67. The summed E-state index contributed by atoms with van der Waals surface area (Å²) in [4.78, 5) is 28.3. The Kier molecular flexibility index (Phi) is 3.12. The second-order valence-electron chi connectivity index (χ2n) is 6.60. The summed E-state index contributed by atoms with van der Waals surface area (Å²) in [6.45, 7) is 0. The molecule has 3 heterocycles. The number of carbonyl (C=O) groups is 2. The molecule has 5 nitrogen and oxygen atoms in total. The molecule has 2 amide bonds. The number of fused-ring (bicyclic) bond motifs is 2. The fourth-order valence-corrected chi connectivity index (χ4v) is 3.83. The fraction of sp³-hybridized carbons (Fsp3) is 0.0476. The number of halogens is 1. The SMILES string of the molecule is Cn1ccc2cccc(C3=C(c4c[nH]c5cc(F)ccc45)C(=O)NC3=O)c21. The normalized spacial score (nSPS) is 14.6. The minimum Gasteiger partial charge on any atom is -0.360 e. The molecule has 4 aromatic rings. The van der Waals surface area contributed by atoms with Crippen molar-refractivity contribution in [2.45, 2.75) is 0 Å². The van der Waals surface area contributed by atoms with Crippen molar-refractivity contribution in [1.82, 2.24) is 14.9 Å². The Balaban J connectivity index is 1.86. The summed E-state index contributed by atoms with van der Waals surface area (Å²) in [5.74, 6) is -1.25. The molecule has 0 saturated heterocycles. The highest BCUT2D eigenvalue weighted by molar-refractivity contribution is 6.50. The van der Waals surface area contributed by atoms with Crippen LogP contribution in [-0.4, -0.2) is 21.4 Å². The Morgan fingerprint density at radius 1 is 0.963 bits per heavy atom. The molecule has 2 N–H and O–H groups in total. The van der Waals surface area contributed by atoms with E-state index >= 15 is 0 Å². The number of para-hydroxylation sites is 1. The van der Waals surface area contributed by atoms with Gasteiger partial charge in [-0.15, -0.1) is 0 Å². The summed E-state index contributed by atoms with van der Waals surface area (Å²) in [6, 6.07) is 11.9. The molecule has 6 heteroatoms. The zero-order valence-corrected chi connectivity index (χ0v) is 14.3. The number of amides is 2. The van der Waals surface area contributed by atoms with E-state index in [2.05, 4.69) is 10.3 Å². The first kappa shape index (κ1) is 15.6. The molecule has 0 atom stereocenters. The topological polar surface area (TPSA) is 66.9 Å². The molecule has 1 aliphatic rings. The van der Waals surface area contributed by atoms with E-state index in [0.717, 1.165) is 10.9 Å². The molecule has 2 aromatic carbocycles. The van der Waals surface area contributed by atoms with E-state index in [0.29, 0.717) is 33.2 Å². The van der Waals surface area contributed by atoms with E-state index in [1.165, 1.54) is 12.1 Å². The van der Waals surface area contributed by atoms with Crippen molar-refractivity contribution in [3.63, 3.8) is 0 Å². The molecule has 0 radical (unpaired) electrons. The molecule has 1 aliphatic heterocycles. The number of aryl methyl sites for hydroxylation is 1. The summed E-state index contributed by atoms with van der Waals surface area (Å²) in [7, 11) is 1.90. The van der Waals surface area contributed by atoms with Gasteiger partial charge in [-0.1, -0.05) is 18.2 Å². The van der Waals surface area contributed by atoms with Gasteiger partial charge in [0.1, 0.15) is 5.82 Å². The lowest BCUT2D eigenvalue weighted by Crippen LogP contribution is -2.22. The molecule has 0 unspecified atom stereocenters. The van der Waals surface area contributed by atoms with Crippen LogP contribution in [0.3, 0.4) is 0 Å². The van der Waals surface area contributed by atoms with Gasteiger partial charge in [0.2, 0.25) is 0 Å². The number of hydrogen-bond acceptors (Lipinski definition) is 2. The van der Waals surface area contributed by atoms with Gasteiger partial charge in [0, 0.05) is 46.9 Å². The van der Waals surface area contributed by atoms with Gasteiger partial charge < -0.3 is 9.55 Å². The second kappa shape index (κ2) is 5.41. The van der Waals surface area contributed by atoms with E-state index in [4.69, 9.17) is 0 Å². The zero-order valence-electron chi connectivity index (χ0n) is 14.3. The number of H-pyrrole nitrogens is 1. The monoisotopic (exact) mass is 359 g/mol. The molecule has 0 spiro atoms. The lowest BCUT2D eigenvalue weighted by molar-refractivity contribution is -0.122. The molecule has 0 bridgehead atoms. The van der Waals surface area contributed by atoms with Crippen molar-refractivity contribution in [2.75, 3.05) is 0 Å². The number of benzene rings is 2. The predicted molar refractivity (Wildman–Crippen MR) is 101 cm³/mol. The summed E-state index contributed by atoms with van der Waals surface area (Å²) < 4.78 is 15.4. The third kappa shape index (κ3) is 2.16. The highest BCUT2D eigenvalue weighted by atomic mass is 19.1. The van der Waals surface area contributed by atoms with Gasteiger partial charge in [0.15, 0.2) is 0 Å². The van der Waals surface area contributed by atoms with Crippen LogP contribution in [0.4, 0.5) is 4.39 Å². The lowest BCUT2D eigenvalue weighted by atomic mass is 9.94. The van der Waals surface area contributed by atoms with Crippen LogP contribution < -0.4 is 5.32 Å². The maximum Gasteiger partial charge on any atom is 0.259 e. The third-order valence-corrected chi connectivity index (χ3v) is 5.01. The largest absolute Gasteiger partial charge is 0.360 e. The van der Waals surface area contributed by atoms with Crippen molar-refractivity contribution in [3.05, 3.63) is 71.8 Å². The van der Waals surface area contributed by atoms with Gasteiger partial charge in [0.05, 0.1) is 16.7 Å². The van der Waals surface area contributed by atoms with Crippen LogP contribution in [0.25, 0.3) is 33.0 Å². The number of aromatic nitrogens is 2. The fourth-order valence-electron chi connectivity index (χ4n) is 3.83. The number of hydrogen-bond donors (Lipinski definition) is 2. The standard InChI is InChI=1S/C21H14FN3O2/c1-25-8-7-11-3-2-4-14(19(11)25)17-18(21(27)24-20(17)26)15-10-23-16-9-12(22)5-6-13(15)16/h2-10,23H,1H3,(H,24,26,27). The van der Waals surface area contributed by atoms with Crippen LogP contribution in [0.5, 0.6) is 0 Å². The van der Waals surface area contributed by atoms with E-state index < -0.39 is 11.8 Å². The quantitative estimate of drug-likeness (QED) is 0.539. The first-order valence-corrected chi connectivity index (χ1v) is 8.46. The number of imide groups is 1. The number of carbonyl (C=O) groups excluding carboxylic acids is 2. The average Bonchev–Trinajstić information content (AvgIpc) is 3.30. The number of rotatable bonds is 2. The Morgan fingerprint density at radius 2 is 1.74 bits per heavy atom. The maximum absolute atomic E-state index is 13.5.